The standard InChI is InChI=1S/C15H16N2O/c1-10-7-8-12(9-13(10)16)15(18)17-14-6-4-3-5-11(14)2/h3-9H,16H2,1-2H3,(H,17,18). The fraction of sp³-hybridized carbons (Fsp3) is 0.133. The van der Waals surface area contributed by atoms with E-state index in [2.05, 4.69) is 5.32 Å². The number of carbonyl (C=O) groups is 1. The summed E-state index contributed by atoms with van der Waals surface area (Å²) in [7, 11) is 0. The second kappa shape index (κ2) is 4.92. The van der Waals surface area contributed by atoms with Crippen LogP contribution in [-0.2, 0) is 0 Å². The van der Waals surface area contributed by atoms with Gasteiger partial charge in [0.25, 0.3) is 5.91 Å². The van der Waals surface area contributed by atoms with Gasteiger partial charge in [-0.3, -0.25) is 4.79 Å². The molecule has 2 aromatic carbocycles. The molecular weight excluding hydrogens is 224 g/mol. The van der Waals surface area contributed by atoms with Gasteiger partial charge in [-0.2, -0.15) is 0 Å². The number of para-hydroxylation sites is 1. The molecule has 0 atom stereocenters. The molecule has 2 rings (SSSR count). The zero-order valence-corrected chi connectivity index (χ0v) is 10.5. The van der Waals surface area contributed by atoms with E-state index in [0.717, 1.165) is 16.8 Å². The molecule has 92 valence electrons. The highest BCUT2D eigenvalue weighted by molar-refractivity contribution is 6.05. The third-order valence-electron chi connectivity index (χ3n) is 2.93. The SMILES string of the molecule is Cc1ccc(C(=O)Nc2ccccc2C)cc1N. The van der Waals surface area contributed by atoms with E-state index in [0.29, 0.717) is 11.3 Å². The zero-order valence-electron chi connectivity index (χ0n) is 10.5. The molecule has 0 unspecified atom stereocenters. The molecule has 0 fully saturated rings. The molecule has 0 aliphatic rings. The van der Waals surface area contributed by atoms with Crippen LogP contribution in [-0.4, -0.2) is 5.91 Å². The van der Waals surface area contributed by atoms with Crippen LogP contribution in [0.5, 0.6) is 0 Å². The number of benzene rings is 2. The van der Waals surface area contributed by atoms with Gasteiger partial charge in [0.2, 0.25) is 0 Å². The van der Waals surface area contributed by atoms with Crippen molar-refractivity contribution >= 4 is 17.3 Å². The molecule has 0 radical (unpaired) electrons. The van der Waals surface area contributed by atoms with E-state index in [1.54, 1.807) is 12.1 Å². The summed E-state index contributed by atoms with van der Waals surface area (Å²) in [4.78, 5) is 12.1. The van der Waals surface area contributed by atoms with Crippen LogP contribution in [0.3, 0.4) is 0 Å². The van der Waals surface area contributed by atoms with Gasteiger partial charge in [0.05, 0.1) is 0 Å². The average molecular weight is 240 g/mol. The van der Waals surface area contributed by atoms with E-state index in [1.807, 2.05) is 44.2 Å². The molecule has 0 saturated carbocycles. The van der Waals surface area contributed by atoms with Crippen LogP contribution >= 0.6 is 0 Å². The molecule has 0 bridgehead atoms. The van der Waals surface area contributed by atoms with Crippen LogP contribution in [0, 0.1) is 13.8 Å². The lowest BCUT2D eigenvalue weighted by Gasteiger charge is -2.09. The van der Waals surface area contributed by atoms with Gasteiger partial charge < -0.3 is 11.1 Å². The third kappa shape index (κ3) is 2.51. The van der Waals surface area contributed by atoms with Crippen LogP contribution in [0.2, 0.25) is 0 Å². The maximum Gasteiger partial charge on any atom is 0.255 e. The van der Waals surface area contributed by atoms with Crippen molar-refractivity contribution in [3.8, 4) is 0 Å². The Balaban J connectivity index is 2.22. The highest BCUT2D eigenvalue weighted by Gasteiger charge is 2.08. The van der Waals surface area contributed by atoms with E-state index in [9.17, 15) is 4.79 Å². The number of carbonyl (C=O) groups excluding carboxylic acids is 1. The van der Waals surface area contributed by atoms with Crippen molar-refractivity contribution in [3.05, 3.63) is 59.2 Å². The summed E-state index contributed by atoms with van der Waals surface area (Å²) >= 11 is 0. The first-order valence-corrected chi connectivity index (χ1v) is 5.81. The van der Waals surface area contributed by atoms with Crippen molar-refractivity contribution in [1.29, 1.82) is 0 Å². The summed E-state index contributed by atoms with van der Waals surface area (Å²) in [6.45, 7) is 3.87. The molecule has 0 saturated heterocycles. The molecule has 3 nitrogen and oxygen atoms in total. The van der Waals surface area contributed by atoms with Gasteiger partial charge in [-0.25, -0.2) is 0 Å². The Kier molecular flexibility index (Phi) is 3.33. The fourth-order valence-corrected chi connectivity index (χ4v) is 1.69. The fourth-order valence-electron chi connectivity index (χ4n) is 1.69. The van der Waals surface area contributed by atoms with E-state index in [-0.39, 0.29) is 5.91 Å². The van der Waals surface area contributed by atoms with E-state index in [4.69, 9.17) is 5.73 Å². The van der Waals surface area contributed by atoms with E-state index < -0.39 is 0 Å². The van der Waals surface area contributed by atoms with Crippen LogP contribution in [0.1, 0.15) is 21.5 Å². The Bertz CT molecular complexity index is 591. The predicted molar refractivity (Wildman–Crippen MR) is 74.7 cm³/mol. The Hall–Kier alpha value is -2.29. The van der Waals surface area contributed by atoms with E-state index >= 15 is 0 Å². The smallest absolute Gasteiger partial charge is 0.255 e. The number of nitrogen functional groups attached to an aromatic ring is 1. The Morgan fingerprint density at radius 3 is 2.44 bits per heavy atom. The lowest BCUT2D eigenvalue weighted by molar-refractivity contribution is 0.102. The Morgan fingerprint density at radius 1 is 1.06 bits per heavy atom. The minimum Gasteiger partial charge on any atom is -0.398 e. The van der Waals surface area contributed by atoms with Gasteiger partial charge in [0.15, 0.2) is 0 Å². The molecule has 2 aromatic rings. The summed E-state index contributed by atoms with van der Waals surface area (Å²) in [5.74, 6) is -0.143. The summed E-state index contributed by atoms with van der Waals surface area (Å²) in [5, 5.41) is 2.88. The first-order chi connectivity index (χ1) is 8.58. The third-order valence-corrected chi connectivity index (χ3v) is 2.93. The van der Waals surface area contributed by atoms with Crippen LogP contribution in [0.25, 0.3) is 0 Å². The van der Waals surface area contributed by atoms with Gasteiger partial charge in [0.1, 0.15) is 0 Å². The molecule has 18 heavy (non-hydrogen) atoms. The molecule has 0 heterocycles. The minimum absolute atomic E-state index is 0.143. The van der Waals surface area contributed by atoms with Gasteiger partial charge in [0, 0.05) is 16.9 Å². The molecule has 0 aromatic heterocycles. The molecule has 1 amide bonds. The summed E-state index contributed by atoms with van der Waals surface area (Å²) in [6.07, 6.45) is 0. The number of amides is 1. The first kappa shape index (κ1) is 12.2. The normalized spacial score (nSPS) is 10.1. The molecular formula is C15H16N2O. The number of rotatable bonds is 2. The van der Waals surface area contributed by atoms with Crippen LogP contribution < -0.4 is 11.1 Å². The summed E-state index contributed by atoms with van der Waals surface area (Å²) in [6, 6.07) is 13.0. The molecule has 0 aliphatic heterocycles. The van der Waals surface area contributed by atoms with Crippen molar-refractivity contribution in [1.82, 2.24) is 0 Å². The van der Waals surface area contributed by atoms with Gasteiger partial charge >= 0.3 is 0 Å². The Labute approximate surface area is 107 Å². The van der Waals surface area contributed by atoms with Crippen molar-refractivity contribution in [3.63, 3.8) is 0 Å². The van der Waals surface area contributed by atoms with Crippen molar-refractivity contribution in [2.75, 3.05) is 11.1 Å². The molecule has 0 spiro atoms. The number of nitrogens with two attached hydrogens (primary N) is 1. The largest absolute Gasteiger partial charge is 0.398 e. The highest BCUT2D eigenvalue weighted by Crippen LogP contribution is 2.17. The second-order valence-electron chi connectivity index (χ2n) is 4.34. The highest BCUT2D eigenvalue weighted by atomic mass is 16.1. The summed E-state index contributed by atoms with van der Waals surface area (Å²) in [5.41, 5.74) is 9.83. The average Bonchev–Trinajstić information content (AvgIpc) is 2.35. The van der Waals surface area contributed by atoms with Gasteiger partial charge in [-0.05, 0) is 43.2 Å². The van der Waals surface area contributed by atoms with Crippen LogP contribution in [0.4, 0.5) is 11.4 Å². The summed E-state index contributed by atoms with van der Waals surface area (Å²) < 4.78 is 0. The molecule has 3 heteroatoms. The lowest BCUT2D eigenvalue weighted by atomic mass is 10.1. The topological polar surface area (TPSA) is 55.1 Å². The van der Waals surface area contributed by atoms with Crippen LogP contribution in [0.15, 0.2) is 42.5 Å². The number of hydrogen-bond donors (Lipinski definition) is 2. The zero-order chi connectivity index (χ0) is 13.1. The Morgan fingerprint density at radius 2 is 1.78 bits per heavy atom. The quantitative estimate of drug-likeness (QED) is 0.792. The van der Waals surface area contributed by atoms with Crippen molar-refractivity contribution in [2.45, 2.75) is 13.8 Å². The molecule has 0 aliphatic carbocycles. The van der Waals surface area contributed by atoms with Crippen molar-refractivity contribution in [2.24, 2.45) is 0 Å². The number of anilines is 2. The van der Waals surface area contributed by atoms with Gasteiger partial charge in [-0.15, -0.1) is 0 Å². The number of hydrogen-bond acceptors (Lipinski definition) is 2. The first-order valence-electron chi connectivity index (χ1n) is 5.81. The molecule has 3 N–H and O–H groups in total. The number of aryl methyl sites for hydroxylation is 2. The maximum absolute atomic E-state index is 12.1. The van der Waals surface area contributed by atoms with Gasteiger partial charge in [-0.1, -0.05) is 24.3 Å². The predicted octanol–water partition coefficient (Wildman–Crippen LogP) is 3.14. The lowest BCUT2D eigenvalue weighted by Crippen LogP contribution is -2.13. The number of nitrogens with one attached hydrogen (secondary N) is 1. The maximum atomic E-state index is 12.1. The minimum atomic E-state index is -0.143. The second-order valence-corrected chi connectivity index (χ2v) is 4.34. The van der Waals surface area contributed by atoms with E-state index in [1.165, 1.54) is 0 Å². The monoisotopic (exact) mass is 240 g/mol. The van der Waals surface area contributed by atoms with Crippen molar-refractivity contribution < 1.29 is 4.79 Å².